The zero-order valence-corrected chi connectivity index (χ0v) is 11.7. The van der Waals surface area contributed by atoms with Crippen molar-refractivity contribution < 1.29 is 4.79 Å². The normalized spacial score (nSPS) is 11.8. The molecule has 0 aliphatic carbocycles. The van der Waals surface area contributed by atoms with Crippen LogP contribution < -0.4 is 5.32 Å². The van der Waals surface area contributed by atoms with Crippen LogP contribution in [0, 0.1) is 0 Å². The summed E-state index contributed by atoms with van der Waals surface area (Å²) in [6, 6.07) is 19.9. The molecule has 1 atom stereocenters. The Morgan fingerprint density at radius 1 is 1.05 bits per heavy atom. The molecular formula is C16H17NOS. The van der Waals surface area contributed by atoms with Crippen LogP contribution in [-0.4, -0.2) is 12.5 Å². The van der Waals surface area contributed by atoms with Crippen LogP contribution in [0.1, 0.15) is 17.7 Å². The molecule has 0 spiro atoms. The van der Waals surface area contributed by atoms with E-state index in [-0.39, 0.29) is 11.2 Å². The first-order valence-corrected chi connectivity index (χ1v) is 7.23. The van der Waals surface area contributed by atoms with Gasteiger partial charge in [-0.2, -0.15) is 0 Å². The van der Waals surface area contributed by atoms with Crippen LogP contribution in [0.15, 0.2) is 65.6 Å². The van der Waals surface area contributed by atoms with Crippen molar-refractivity contribution in [3.8, 4) is 0 Å². The summed E-state index contributed by atoms with van der Waals surface area (Å²) in [5.74, 6) is 0.0579. The first kappa shape index (κ1) is 13.7. The molecule has 98 valence electrons. The van der Waals surface area contributed by atoms with Gasteiger partial charge in [0.15, 0.2) is 0 Å². The molecule has 2 rings (SSSR count). The standard InChI is InChI=1S/C16H17NOS/c1-2-17-16(18)15(13-9-5-3-6-10-13)19-14-11-7-4-8-12-14/h3-12,15H,2H2,1H3,(H,17,18)/t15-/m1/s1. The molecule has 3 heteroatoms. The van der Waals surface area contributed by atoms with E-state index >= 15 is 0 Å². The number of nitrogens with one attached hydrogen (secondary N) is 1. The molecule has 0 bridgehead atoms. The summed E-state index contributed by atoms with van der Waals surface area (Å²) in [6.45, 7) is 2.59. The molecule has 0 fully saturated rings. The summed E-state index contributed by atoms with van der Waals surface area (Å²) >= 11 is 1.58. The van der Waals surface area contributed by atoms with Gasteiger partial charge in [0.2, 0.25) is 5.91 Å². The number of likely N-dealkylation sites (N-methyl/N-ethyl adjacent to an activating group) is 1. The molecule has 0 aliphatic rings. The third-order valence-electron chi connectivity index (χ3n) is 2.69. The van der Waals surface area contributed by atoms with E-state index < -0.39 is 0 Å². The molecule has 0 unspecified atom stereocenters. The molecule has 2 aromatic rings. The van der Waals surface area contributed by atoms with E-state index in [0.29, 0.717) is 6.54 Å². The fourth-order valence-electron chi connectivity index (χ4n) is 1.80. The summed E-state index contributed by atoms with van der Waals surface area (Å²) in [7, 11) is 0. The van der Waals surface area contributed by atoms with Crippen molar-refractivity contribution in [3.05, 3.63) is 66.2 Å². The smallest absolute Gasteiger partial charge is 0.237 e. The average molecular weight is 271 g/mol. The highest BCUT2D eigenvalue weighted by molar-refractivity contribution is 8.00. The van der Waals surface area contributed by atoms with Gasteiger partial charge in [-0.1, -0.05) is 48.5 Å². The second-order valence-corrected chi connectivity index (χ2v) is 5.29. The lowest BCUT2D eigenvalue weighted by molar-refractivity contribution is -0.120. The molecule has 1 amide bonds. The van der Waals surface area contributed by atoms with Crippen molar-refractivity contribution in [1.82, 2.24) is 5.32 Å². The van der Waals surface area contributed by atoms with Crippen molar-refractivity contribution in [2.24, 2.45) is 0 Å². The number of hydrogen-bond acceptors (Lipinski definition) is 2. The van der Waals surface area contributed by atoms with Crippen LogP contribution in [0.3, 0.4) is 0 Å². The van der Waals surface area contributed by atoms with Gasteiger partial charge in [-0.25, -0.2) is 0 Å². The van der Waals surface area contributed by atoms with Gasteiger partial charge in [0.25, 0.3) is 0 Å². The zero-order valence-electron chi connectivity index (χ0n) is 10.9. The second-order valence-electron chi connectivity index (χ2n) is 4.12. The van der Waals surface area contributed by atoms with Crippen molar-refractivity contribution in [2.75, 3.05) is 6.54 Å². The number of thioether (sulfide) groups is 1. The fourth-order valence-corrected chi connectivity index (χ4v) is 2.87. The van der Waals surface area contributed by atoms with Crippen LogP contribution in [0.5, 0.6) is 0 Å². The minimum Gasteiger partial charge on any atom is -0.355 e. The molecule has 2 nitrogen and oxygen atoms in total. The predicted molar refractivity (Wildman–Crippen MR) is 80.2 cm³/mol. The third kappa shape index (κ3) is 3.86. The SMILES string of the molecule is CCNC(=O)[C@H](Sc1ccccc1)c1ccccc1. The number of benzene rings is 2. The Morgan fingerprint density at radius 2 is 1.63 bits per heavy atom. The molecule has 0 radical (unpaired) electrons. The highest BCUT2D eigenvalue weighted by atomic mass is 32.2. The largest absolute Gasteiger partial charge is 0.355 e. The van der Waals surface area contributed by atoms with E-state index in [1.165, 1.54) is 0 Å². The van der Waals surface area contributed by atoms with Gasteiger partial charge in [0.05, 0.1) is 0 Å². The molecule has 0 heterocycles. The summed E-state index contributed by atoms with van der Waals surface area (Å²) in [5.41, 5.74) is 1.03. The predicted octanol–water partition coefficient (Wildman–Crippen LogP) is 3.66. The van der Waals surface area contributed by atoms with Gasteiger partial charge < -0.3 is 5.32 Å². The van der Waals surface area contributed by atoms with Crippen molar-refractivity contribution >= 4 is 17.7 Å². The molecule has 1 N–H and O–H groups in total. The Labute approximate surface area is 118 Å². The van der Waals surface area contributed by atoms with E-state index in [1.807, 2.05) is 67.6 Å². The van der Waals surface area contributed by atoms with E-state index in [1.54, 1.807) is 11.8 Å². The van der Waals surface area contributed by atoms with Gasteiger partial charge >= 0.3 is 0 Å². The molecular weight excluding hydrogens is 254 g/mol. The Morgan fingerprint density at radius 3 is 2.21 bits per heavy atom. The number of hydrogen-bond donors (Lipinski definition) is 1. The van der Waals surface area contributed by atoms with Gasteiger partial charge in [-0.3, -0.25) is 4.79 Å². The molecule has 0 aromatic heterocycles. The van der Waals surface area contributed by atoms with Gasteiger partial charge in [-0.15, -0.1) is 11.8 Å². The highest BCUT2D eigenvalue weighted by Gasteiger charge is 2.20. The molecule has 19 heavy (non-hydrogen) atoms. The van der Waals surface area contributed by atoms with E-state index in [9.17, 15) is 4.79 Å². The summed E-state index contributed by atoms with van der Waals surface area (Å²) < 4.78 is 0. The number of rotatable bonds is 5. The van der Waals surface area contributed by atoms with Crippen molar-refractivity contribution in [3.63, 3.8) is 0 Å². The number of carbonyl (C=O) groups is 1. The number of carbonyl (C=O) groups excluding carboxylic acids is 1. The third-order valence-corrected chi connectivity index (χ3v) is 3.95. The second kappa shape index (κ2) is 7.00. The van der Waals surface area contributed by atoms with Crippen LogP contribution in [-0.2, 0) is 4.79 Å². The topological polar surface area (TPSA) is 29.1 Å². The molecule has 0 aliphatic heterocycles. The lowest BCUT2D eigenvalue weighted by Crippen LogP contribution is -2.27. The van der Waals surface area contributed by atoms with E-state index in [2.05, 4.69) is 5.32 Å². The van der Waals surface area contributed by atoms with Crippen molar-refractivity contribution in [2.45, 2.75) is 17.1 Å². The van der Waals surface area contributed by atoms with Gasteiger partial charge in [0, 0.05) is 11.4 Å². The summed E-state index contributed by atoms with van der Waals surface area (Å²) in [4.78, 5) is 13.3. The zero-order chi connectivity index (χ0) is 13.5. The fraction of sp³-hybridized carbons (Fsp3) is 0.188. The summed E-state index contributed by atoms with van der Waals surface area (Å²) in [5, 5.41) is 2.70. The highest BCUT2D eigenvalue weighted by Crippen LogP contribution is 2.35. The molecule has 0 saturated carbocycles. The van der Waals surface area contributed by atoms with Crippen molar-refractivity contribution in [1.29, 1.82) is 0 Å². The Kier molecular flexibility index (Phi) is 5.04. The summed E-state index contributed by atoms with van der Waals surface area (Å²) in [6.07, 6.45) is 0. The lowest BCUT2D eigenvalue weighted by Gasteiger charge is -2.16. The minimum absolute atomic E-state index is 0.0579. The quantitative estimate of drug-likeness (QED) is 0.841. The minimum atomic E-state index is -0.205. The Balaban J connectivity index is 2.22. The number of amides is 1. The van der Waals surface area contributed by atoms with E-state index in [0.717, 1.165) is 10.5 Å². The van der Waals surface area contributed by atoms with Gasteiger partial charge in [0.1, 0.15) is 5.25 Å². The maximum absolute atomic E-state index is 12.2. The Hall–Kier alpha value is -1.74. The molecule has 2 aromatic carbocycles. The van der Waals surface area contributed by atoms with Gasteiger partial charge in [-0.05, 0) is 24.6 Å². The van der Waals surface area contributed by atoms with Crippen LogP contribution in [0.25, 0.3) is 0 Å². The monoisotopic (exact) mass is 271 g/mol. The van der Waals surface area contributed by atoms with Crippen LogP contribution in [0.4, 0.5) is 0 Å². The van der Waals surface area contributed by atoms with Crippen LogP contribution in [0.2, 0.25) is 0 Å². The molecule has 0 saturated heterocycles. The maximum atomic E-state index is 12.2. The average Bonchev–Trinajstić information content (AvgIpc) is 2.47. The lowest BCUT2D eigenvalue weighted by atomic mass is 10.1. The van der Waals surface area contributed by atoms with E-state index in [4.69, 9.17) is 0 Å². The maximum Gasteiger partial charge on any atom is 0.237 e. The van der Waals surface area contributed by atoms with Crippen LogP contribution >= 0.6 is 11.8 Å². The first-order chi connectivity index (χ1) is 9.31. The first-order valence-electron chi connectivity index (χ1n) is 6.35. The Bertz CT molecular complexity index is 513.